The maximum Gasteiger partial charge on any atom is 0.133 e. The van der Waals surface area contributed by atoms with E-state index in [0.29, 0.717) is 32.3 Å². The number of aliphatic hydroxyl groups is 2. The highest BCUT2D eigenvalue weighted by Gasteiger charge is 2.42. The normalized spacial score (nSPS) is 27.1. The van der Waals surface area contributed by atoms with Crippen LogP contribution in [0.25, 0.3) is 11.0 Å². The first-order valence-corrected chi connectivity index (χ1v) is 17.6. The van der Waals surface area contributed by atoms with Crippen LogP contribution in [0.2, 0.25) is 19.6 Å². The maximum absolute atomic E-state index is 12.5. The van der Waals surface area contributed by atoms with Crippen LogP contribution in [0.3, 0.4) is 0 Å². The Labute approximate surface area is 223 Å². The molecule has 1 aromatic heterocycles. The van der Waals surface area contributed by atoms with E-state index in [9.17, 15) is 10.2 Å². The van der Waals surface area contributed by atoms with Gasteiger partial charge in [0.25, 0.3) is 0 Å². The van der Waals surface area contributed by atoms with Gasteiger partial charge in [0.1, 0.15) is 13.7 Å². The molecule has 8 heteroatoms. The van der Waals surface area contributed by atoms with Gasteiger partial charge in [0, 0.05) is 44.2 Å². The molecular formula is C29H48N2O5Si. The van der Waals surface area contributed by atoms with Gasteiger partial charge in [-0.05, 0) is 68.6 Å². The maximum atomic E-state index is 12.5. The Kier molecular flexibility index (Phi) is 9.54. The average molecular weight is 533 g/mol. The standard InChI is InChI=1S/C29H48N2O5Si/c1-34-14-6-5-12-29(33,24-10-7-11-27-23(24)17-28(36-27)37(2,3)4)22-9-8-13-31(18-22)20-35-19-21-15-25(30)26(32)16-21/h7,10-11,17,21-22,25-26,32-33H,5-6,8-9,12-16,18-20,30H2,1-4H3/t21-,22+,25+,26-,29-/m0/s1. The highest BCUT2D eigenvalue weighted by Crippen LogP contribution is 2.42. The molecule has 0 unspecified atom stereocenters. The minimum Gasteiger partial charge on any atom is -0.466 e. The predicted octanol–water partition coefficient (Wildman–Crippen LogP) is 3.77. The van der Waals surface area contributed by atoms with Crippen molar-refractivity contribution in [2.24, 2.45) is 17.6 Å². The molecule has 1 aromatic carbocycles. The van der Waals surface area contributed by atoms with E-state index in [-0.39, 0.29) is 12.0 Å². The number of hydrogen-bond donors (Lipinski definition) is 3. The van der Waals surface area contributed by atoms with E-state index in [4.69, 9.17) is 19.6 Å². The number of aliphatic hydroxyl groups excluding tert-OH is 1. The summed E-state index contributed by atoms with van der Waals surface area (Å²) < 4.78 is 17.7. The van der Waals surface area contributed by atoms with E-state index in [2.05, 4.69) is 36.7 Å². The molecule has 0 bridgehead atoms. The summed E-state index contributed by atoms with van der Waals surface area (Å²) in [5.41, 5.74) is 6.89. The minimum atomic E-state index is -1.63. The number of fused-ring (bicyclic) bond motifs is 1. The molecule has 0 spiro atoms. The molecule has 5 atom stereocenters. The van der Waals surface area contributed by atoms with Crippen LogP contribution in [0.1, 0.15) is 50.5 Å². The summed E-state index contributed by atoms with van der Waals surface area (Å²) in [5, 5.41) is 24.6. The molecule has 1 saturated carbocycles. The van der Waals surface area contributed by atoms with Gasteiger partial charge in [-0.15, -0.1) is 0 Å². The second-order valence-corrected chi connectivity index (χ2v) is 17.4. The van der Waals surface area contributed by atoms with Gasteiger partial charge in [-0.3, -0.25) is 4.90 Å². The third-order valence-corrected chi connectivity index (χ3v) is 10.1. The molecule has 208 valence electrons. The summed E-state index contributed by atoms with van der Waals surface area (Å²) in [6.07, 6.45) is 5.66. The van der Waals surface area contributed by atoms with E-state index >= 15 is 0 Å². The first-order valence-electron chi connectivity index (χ1n) is 14.1. The SMILES string of the molecule is COCCCC[C@@](O)(c1cccc2oc([Si](C)(C)C)cc12)[C@@H]1CCCN(COC[C@H]2C[C@@H](N)[C@@H](O)C2)C1. The summed E-state index contributed by atoms with van der Waals surface area (Å²) in [5.74, 6) is 0.424. The van der Waals surface area contributed by atoms with E-state index < -0.39 is 19.8 Å². The Hall–Kier alpha value is -1.26. The van der Waals surface area contributed by atoms with Crippen molar-refractivity contribution in [1.29, 1.82) is 0 Å². The van der Waals surface area contributed by atoms with Crippen LogP contribution < -0.4 is 11.1 Å². The van der Waals surface area contributed by atoms with Gasteiger partial charge in [0.05, 0.1) is 30.4 Å². The quantitative estimate of drug-likeness (QED) is 0.283. The fourth-order valence-electron chi connectivity index (χ4n) is 6.21. The molecule has 0 amide bonds. The highest BCUT2D eigenvalue weighted by molar-refractivity contribution is 6.87. The highest BCUT2D eigenvalue weighted by atomic mass is 28.3. The smallest absolute Gasteiger partial charge is 0.133 e. The molecule has 2 fully saturated rings. The van der Waals surface area contributed by atoms with E-state index in [1.165, 1.54) is 0 Å². The number of methoxy groups -OCH3 is 1. The molecule has 2 aromatic rings. The first-order chi connectivity index (χ1) is 17.6. The van der Waals surface area contributed by atoms with Crippen LogP contribution in [0.4, 0.5) is 0 Å². The van der Waals surface area contributed by atoms with Crippen molar-refractivity contribution in [2.75, 3.05) is 40.1 Å². The number of unbranched alkanes of at least 4 members (excludes halogenated alkanes) is 1. The van der Waals surface area contributed by atoms with Gasteiger partial charge < -0.3 is 29.8 Å². The summed E-state index contributed by atoms with van der Waals surface area (Å²) in [4.78, 5) is 2.34. The molecule has 4 N–H and O–H groups in total. The number of ether oxygens (including phenoxy) is 2. The zero-order chi connectivity index (χ0) is 26.6. The minimum absolute atomic E-state index is 0.102. The molecule has 1 aliphatic heterocycles. The number of nitrogens with zero attached hydrogens (tertiary/aromatic N) is 1. The van der Waals surface area contributed by atoms with Crippen molar-refractivity contribution in [3.8, 4) is 0 Å². The fourth-order valence-corrected chi connectivity index (χ4v) is 7.20. The summed E-state index contributed by atoms with van der Waals surface area (Å²) in [7, 11) is 0.0982. The summed E-state index contributed by atoms with van der Waals surface area (Å²) in [6, 6.07) is 8.22. The monoisotopic (exact) mass is 532 g/mol. The Morgan fingerprint density at radius 1 is 1.22 bits per heavy atom. The van der Waals surface area contributed by atoms with Gasteiger partial charge in [-0.2, -0.15) is 0 Å². The Morgan fingerprint density at radius 3 is 2.73 bits per heavy atom. The lowest BCUT2D eigenvalue weighted by atomic mass is 9.73. The third kappa shape index (κ3) is 6.85. The Balaban J connectivity index is 1.51. The lowest BCUT2D eigenvalue weighted by molar-refractivity contribution is -0.0818. The zero-order valence-corrected chi connectivity index (χ0v) is 24.2. The van der Waals surface area contributed by atoms with Gasteiger partial charge in [0.2, 0.25) is 0 Å². The van der Waals surface area contributed by atoms with Crippen molar-refractivity contribution >= 4 is 24.4 Å². The third-order valence-electron chi connectivity index (χ3n) is 8.41. The van der Waals surface area contributed by atoms with Crippen molar-refractivity contribution < 1.29 is 24.1 Å². The van der Waals surface area contributed by atoms with Crippen molar-refractivity contribution in [3.05, 3.63) is 29.8 Å². The largest absolute Gasteiger partial charge is 0.466 e. The molecule has 2 aliphatic rings. The van der Waals surface area contributed by atoms with Crippen LogP contribution in [-0.2, 0) is 15.1 Å². The van der Waals surface area contributed by atoms with Crippen molar-refractivity contribution in [1.82, 2.24) is 4.90 Å². The molecule has 37 heavy (non-hydrogen) atoms. The average Bonchev–Trinajstić information content (AvgIpc) is 3.45. The lowest BCUT2D eigenvalue weighted by Crippen LogP contribution is -2.47. The van der Waals surface area contributed by atoms with Crippen LogP contribution in [0.5, 0.6) is 0 Å². The fraction of sp³-hybridized carbons (Fsp3) is 0.724. The first kappa shape index (κ1) is 28.7. The molecule has 7 nitrogen and oxygen atoms in total. The number of piperidine rings is 1. The van der Waals surface area contributed by atoms with Crippen LogP contribution in [0, 0.1) is 11.8 Å². The molecule has 1 saturated heterocycles. The number of furan rings is 1. The van der Waals surface area contributed by atoms with E-state index in [0.717, 1.165) is 73.5 Å². The van der Waals surface area contributed by atoms with Gasteiger partial charge in [0.15, 0.2) is 0 Å². The molecule has 2 heterocycles. The topological polar surface area (TPSA) is 101 Å². The van der Waals surface area contributed by atoms with Gasteiger partial charge >= 0.3 is 0 Å². The Bertz CT molecular complexity index is 998. The van der Waals surface area contributed by atoms with Gasteiger partial charge in [-0.25, -0.2) is 0 Å². The molecule has 1 aliphatic carbocycles. The molecule has 0 radical (unpaired) electrons. The number of rotatable bonds is 12. The second kappa shape index (κ2) is 12.3. The second-order valence-electron chi connectivity index (χ2n) is 12.4. The summed E-state index contributed by atoms with van der Waals surface area (Å²) >= 11 is 0. The van der Waals surface area contributed by atoms with Gasteiger partial charge in [-0.1, -0.05) is 31.8 Å². The predicted molar refractivity (Wildman–Crippen MR) is 151 cm³/mol. The summed E-state index contributed by atoms with van der Waals surface area (Å²) in [6.45, 7) is 10.5. The van der Waals surface area contributed by atoms with E-state index in [1.54, 1.807) is 7.11 Å². The number of benzene rings is 1. The number of nitrogens with two attached hydrogens (primary N) is 1. The van der Waals surface area contributed by atoms with E-state index in [1.807, 2.05) is 12.1 Å². The van der Waals surface area contributed by atoms with Crippen LogP contribution in [-0.4, -0.2) is 75.5 Å². The van der Waals surface area contributed by atoms with Crippen LogP contribution >= 0.6 is 0 Å². The molecule has 4 rings (SSSR count). The Morgan fingerprint density at radius 2 is 2.03 bits per heavy atom. The van der Waals surface area contributed by atoms with Crippen LogP contribution in [0.15, 0.2) is 28.7 Å². The number of hydrogen-bond acceptors (Lipinski definition) is 7. The lowest BCUT2D eigenvalue weighted by Gasteiger charge is -2.43. The molecular weight excluding hydrogens is 484 g/mol. The van der Waals surface area contributed by atoms with Crippen molar-refractivity contribution in [2.45, 2.75) is 82.3 Å². The zero-order valence-electron chi connectivity index (χ0n) is 23.2. The number of likely N-dealkylation sites (tertiary alicyclic amines) is 1. The van der Waals surface area contributed by atoms with Crippen molar-refractivity contribution in [3.63, 3.8) is 0 Å².